The van der Waals surface area contributed by atoms with Crippen LogP contribution in [-0.2, 0) is 4.74 Å². The van der Waals surface area contributed by atoms with Gasteiger partial charge in [0.15, 0.2) is 0 Å². The van der Waals surface area contributed by atoms with Crippen LogP contribution in [0.4, 0.5) is 0 Å². The molecule has 0 heterocycles. The number of rotatable bonds is 10. The Hall–Kier alpha value is -2.03. The third-order valence-corrected chi connectivity index (χ3v) is 12.0. The number of carbonyl (C=O) groups excluding carboxylic acids is 1. The summed E-state index contributed by atoms with van der Waals surface area (Å²) in [7, 11) is 0. The van der Waals surface area contributed by atoms with Gasteiger partial charge in [0, 0.05) is 6.42 Å². The summed E-state index contributed by atoms with van der Waals surface area (Å²) >= 11 is 0. The fraction of sp³-hybridized carbons (Fsp3) is 0.703. The van der Waals surface area contributed by atoms with E-state index in [0.29, 0.717) is 17.6 Å². The summed E-state index contributed by atoms with van der Waals surface area (Å²) in [5.74, 6) is 5.62. The number of hydrogen-bond acceptors (Lipinski definition) is 3. The van der Waals surface area contributed by atoms with Gasteiger partial charge < -0.3 is 9.47 Å². The molecule has 0 unspecified atom stereocenters. The van der Waals surface area contributed by atoms with Gasteiger partial charge in [0.2, 0.25) is 0 Å². The summed E-state index contributed by atoms with van der Waals surface area (Å²) in [5, 5.41) is 0. The molecule has 1 aromatic rings. The van der Waals surface area contributed by atoms with Crippen LogP contribution in [0.5, 0.6) is 5.75 Å². The summed E-state index contributed by atoms with van der Waals surface area (Å²) in [4.78, 5) is 13.0. The molecule has 5 rings (SSSR count). The summed E-state index contributed by atoms with van der Waals surface area (Å²) in [5.41, 5.74) is 2.97. The van der Waals surface area contributed by atoms with Gasteiger partial charge in [-0.25, -0.2) is 4.79 Å². The van der Waals surface area contributed by atoms with Crippen molar-refractivity contribution in [2.75, 3.05) is 6.61 Å². The molecule has 4 aliphatic rings. The average molecular weight is 547 g/mol. The number of fused-ring (bicyclic) bond motifs is 5. The van der Waals surface area contributed by atoms with E-state index in [2.05, 4.69) is 47.3 Å². The molecule has 220 valence electrons. The van der Waals surface area contributed by atoms with Crippen molar-refractivity contribution < 1.29 is 14.3 Å². The van der Waals surface area contributed by atoms with Crippen molar-refractivity contribution in [3.05, 3.63) is 54.1 Å². The molecule has 0 radical (unpaired) electrons. The van der Waals surface area contributed by atoms with Crippen LogP contribution in [0.3, 0.4) is 0 Å². The second-order valence-electron chi connectivity index (χ2n) is 14.7. The van der Waals surface area contributed by atoms with Crippen molar-refractivity contribution in [3.63, 3.8) is 0 Å². The first kappa shape index (κ1) is 29.5. The van der Waals surface area contributed by atoms with E-state index >= 15 is 0 Å². The van der Waals surface area contributed by atoms with Crippen LogP contribution in [0.15, 0.2) is 48.6 Å². The SMILES string of the molecule is C=CCOc1ccc(C(=O)O[C@H]2CC[C@@]3(C)C(=CC[C@H]4[C@@H]5CC[C@H]([C@H](C)CCCC(C)C)[C@@]5(C)CC[C@@H]43)C2)cc1. The molecule has 3 fully saturated rings. The van der Waals surface area contributed by atoms with Crippen molar-refractivity contribution in [1.82, 2.24) is 0 Å². The van der Waals surface area contributed by atoms with Crippen molar-refractivity contribution >= 4 is 5.97 Å². The Labute approximate surface area is 244 Å². The van der Waals surface area contributed by atoms with Crippen molar-refractivity contribution in [3.8, 4) is 5.75 Å². The van der Waals surface area contributed by atoms with E-state index < -0.39 is 0 Å². The highest BCUT2D eigenvalue weighted by Crippen LogP contribution is 2.67. The average Bonchev–Trinajstić information content (AvgIpc) is 3.29. The molecule has 8 atom stereocenters. The molecular formula is C37H54O3. The summed E-state index contributed by atoms with van der Waals surface area (Å²) < 4.78 is 11.6. The number of esters is 1. The molecule has 0 spiro atoms. The van der Waals surface area contributed by atoms with E-state index in [0.717, 1.165) is 60.5 Å². The zero-order chi connectivity index (χ0) is 28.5. The van der Waals surface area contributed by atoms with Gasteiger partial charge in [0.05, 0.1) is 5.56 Å². The standard InChI is InChI=1S/C37H54O3/c1-7-23-39-29-14-11-27(12-15-29)35(38)40-30-19-21-36(5)28(24-30)13-16-31-33-18-17-32(26(4)10-8-9-25(2)3)37(33,6)22-20-34(31)36/h7,11-15,25-26,30-34H,1,8-10,16-24H2,2-6H3/t26-,30+,31+,32-,33+,34+,36+,37-/m1/s1. The third-order valence-electron chi connectivity index (χ3n) is 12.0. The molecule has 0 aromatic heterocycles. The lowest BCUT2D eigenvalue weighted by Crippen LogP contribution is -2.51. The van der Waals surface area contributed by atoms with Crippen molar-refractivity contribution in [2.24, 2.45) is 46.3 Å². The predicted molar refractivity (Wildman–Crippen MR) is 164 cm³/mol. The molecular weight excluding hydrogens is 492 g/mol. The van der Waals surface area contributed by atoms with Crippen LogP contribution in [0.25, 0.3) is 0 Å². The van der Waals surface area contributed by atoms with Gasteiger partial charge >= 0.3 is 5.97 Å². The van der Waals surface area contributed by atoms with Crippen LogP contribution in [0.1, 0.15) is 116 Å². The first-order chi connectivity index (χ1) is 19.2. The van der Waals surface area contributed by atoms with Crippen LogP contribution in [0, 0.1) is 46.3 Å². The number of ether oxygens (including phenoxy) is 2. The van der Waals surface area contributed by atoms with Gasteiger partial charge in [-0.2, -0.15) is 0 Å². The van der Waals surface area contributed by atoms with Crippen LogP contribution >= 0.6 is 0 Å². The largest absolute Gasteiger partial charge is 0.490 e. The zero-order valence-corrected chi connectivity index (χ0v) is 25.9. The highest BCUT2D eigenvalue weighted by molar-refractivity contribution is 5.89. The number of carbonyl (C=O) groups is 1. The molecule has 0 saturated heterocycles. The second-order valence-corrected chi connectivity index (χ2v) is 14.7. The molecule has 40 heavy (non-hydrogen) atoms. The lowest BCUT2D eigenvalue weighted by Gasteiger charge is -2.58. The Balaban J connectivity index is 1.21. The highest BCUT2D eigenvalue weighted by Gasteiger charge is 2.59. The summed E-state index contributed by atoms with van der Waals surface area (Å²) in [6.07, 6.45) is 18.4. The normalized spacial score (nSPS) is 35.6. The highest BCUT2D eigenvalue weighted by atomic mass is 16.5. The molecule has 1 aromatic carbocycles. The minimum Gasteiger partial charge on any atom is -0.490 e. The minimum atomic E-state index is -0.217. The smallest absolute Gasteiger partial charge is 0.338 e. The van der Waals surface area contributed by atoms with Crippen LogP contribution in [0.2, 0.25) is 0 Å². The van der Waals surface area contributed by atoms with E-state index in [1.54, 1.807) is 23.8 Å². The number of allylic oxidation sites excluding steroid dienone is 1. The molecule has 3 heteroatoms. The predicted octanol–water partition coefficient (Wildman–Crippen LogP) is 9.82. The van der Waals surface area contributed by atoms with Crippen LogP contribution in [-0.4, -0.2) is 18.7 Å². The fourth-order valence-electron chi connectivity index (χ4n) is 9.81. The second kappa shape index (κ2) is 12.1. The monoisotopic (exact) mass is 546 g/mol. The Kier molecular flexibility index (Phi) is 8.89. The molecule has 0 aliphatic heterocycles. The maximum absolute atomic E-state index is 13.0. The van der Waals surface area contributed by atoms with E-state index in [1.165, 1.54) is 51.4 Å². The van der Waals surface area contributed by atoms with Gasteiger partial charge in [-0.1, -0.05) is 78.2 Å². The molecule has 0 N–H and O–H groups in total. The minimum absolute atomic E-state index is 0.0172. The Bertz CT molecular complexity index is 1070. The summed E-state index contributed by atoms with van der Waals surface area (Å²) in [6.45, 7) is 16.7. The Morgan fingerprint density at radius 1 is 1.02 bits per heavy atom. The molecule has 0 bridgehead atoms. The maximum atomic E-state index is 13.0. The Morgan fingerprint density at radius 3 is 2.52 bits per heavy atom. The van der Waals surface area contributed by atoms with Gasteiger partial charge in [-0.15, -0.1) is 0 Å². The fourth-order valence-corrected chi connectivity index (χ4v) is 9.81. The first-order valence-corrected chi connectivity index (χ1v) is 16.4. The Morgan fingerprint density at radius 2 is 1.80 bits per heavy atom. The van der Waals surface area contributed by atoms with Crippen LogP contribution < -0.4 is 4.74 Å². The van der Waals surface area contributed by atoms with Crippen molar-refractivity contribution in [1.29, 1.82) is 0 Å². The molecule has 3 nitrogen and oxygen atoms in total. The van der Waals surface area contributed by atoms with Gasteiger partial charge in [0.1, 0.15) is 18.5 Å². The van der Waals surface area contributed by atoms with Gasteiger partial charge in [-0.3, -0.25) is 0 Å². The molecule has 3 saturated carbocycles. The number of hydrogen-bond donors (Lipinski definition) is 0. The quantitative estimate of drug-likeness (QED) is 0.216. The molecule has 4 aliphatic carbocycles. The van der Waals surface area contributed by atoms with Gasteiger partial charge in [-0.05, 0) is 116 Å². The molecule has 0 amide bonds. The third kappa shape index (κ3) is 5.68. The maximum Gasteiger partial charge on any atom is 0.338 e. The van der Waals surface area contributed by atoms with Crippen molar-refractivity contribution in [2.45, 2.75) is 111 Å². The lowest BCUT2D eigenvalue weighted by molar-refractivity contribution is -0.0594. The topological polar surface area (TPSA) is 35.5 Å². The number of benzene rings is 1. The van der Waals surface area contributed by atoms with E-state index in [4.69, 9.17) is 9.47 Å². The van der Waals surface area contributed by atoms with E-state index in [-0.39, 0.29) is 17.5 Å². The lowest BCUT2D eigenvalue weighted by atomic mass is 9.47. The summed E-state index contributed by atoms with van der Waals surface area (Å²) in [6, 6.07) is 7.27. The van der Waals surface area contributed by atoms with Gasteiger partial charge in [0.25, 0.3) is 0 Å². The van der Waals surface area contributed by atoms with E-state index in [1.807, 2.05) is 12.1 Å². The van der Waals surface area contributed by atoms with E-state index in [9.17, 15) is 4.79 Å². The first-order valence-electron chi connectivity index (χ1n) is 16.4. The zero-order valence-electron chi connectivity index (χ0n) is 25.9.